The summed E-state index contributed by atoms with van der Waals surface area (Å²) in [4.78, 5) is 10.1. The molecule has 1 aromatic carbocycles. The summed E-state index contributed by atoms with van der Waals surface area (Å²) in [6, 6.07) is 5.30. The predicted molar refractivity (Wildman–Crippen MR) is 55.3 cm³/mol. The molecule has 4 nitrogen and oxygen atoms in total. The zero-order chi connectivity index (χ0) is 10.3. The van der Waals surface area contributed by atoms with Crippen LogP contribution in [0.4, 0.5) is 5.88 Å². The minimum Gasteiger partial charge on any atom is -0.400 e. The lowest BCUT2D eigenvalue weighted by Gasteiger charge is -1.88. The summed E-state index contributed by atoms with van der Waals surface area (Å²) in [7, 11) is 0. The Labute approximate surface area is 87.8 Å². The average molecular weight is 256 g/mol. The fourth-order valence-corrected chi connectivity index (χ4v) is 1.72. The van der Waals surface area contributed by atoms with Gasteiger partial charge in [-0.05, 0) is 25.1 Å². The van der Waals surface area contributed by atoms with Crippen LogP contribution in [0, 0.1) is 17.0 Å². The van der Waals surface area contributed by atoms with Gasteiger partial charge in [-0.25, -0.2) is 0 Å². The Morgan fingerprint density at radius 3 is 2.86 bits per heavy atom. The highest BCUT2D eigenvalue weighted by Gasteiger charge is 2.19. The summed E-state index contributed by atoms with van der Waals surface area (Å²) in [6.07, 6.45) is 0. The molecule has 14 heavy (non-hydrogen) atoms. The van der Waals surface area contributed by atoms with E-state index < -0.39 is 4.92 Å². The van der Waals surface area contributed by atoms with Gasteiger partial charge in [0.25, 0.3) is 0 Å². The number of benzene rings is 1. The number of halogens is 1. The van der Waals surface area contributed by atoms with Gasteiger partial charge in [-0.15, -0.1) is 0 Å². The summed E-state index contributed by atoms with van der Waals surface area (Å²) < 4.78 is 5.97. The van der Waals surface area contributed by atoms with Crippen LogP contribution in [-0.2, 0) is 0 Å². The van der Waals surface area contributed by atoms with Crippen molar-refractivity contribution in [2.45, 2.75) is 6.92 Å². The first kappa shape index (κ1) is 9.21. The average Bonchev–Trinajstić information content (AvgIpc) is 2.44. The van der Waals surface area contributed by atoms with E-state index in [2.05, 4.69) is 15.9 Å². The molecule has 0 unspecified atom stereocenters. The third-order valence-electron chi connectivity index (χ3n) is 2.04. The lowest BCUT2D eigenvalue weighted by Crippen LogP contribution is -1.86. The number of fused-ring (bicyclic) bond motifs is 1. The molecule has 0 amide bonds. The molecule has 1 heterocycles. The third-order valence-corrected chi connectivity index (χ3v) is 2.53. The SMILES string of the molecule is Cc1c([N+](=O)[O-])oc2ccc(Br)cc12. The number of nitro groups is 1. The molecule has 2 rings (SSSR count). The maximum absolute atomic E-state index is 10.6. The van der Waals surface area contributed by atoms with Crippen molar-refractivity contribution in [1.29, 1.82) is 0 Å². The summed E-state index contributed by atoms with van der Waals surface area (Å²) in [5.41, 5.74) is 1.10. The van der Waals surface area contributed by atoms with Gasteiger partial charge in [-0.2, -0.15) is 0 Å². The molecule has 0 saturated carbocycles. The highest BCUT2D eigenvalue weighted by atomic mass is 79.9. The van der Waals surface area contributed by atoms with Gasteiger partial charge >= 0.3 is 5.88 Å². The van der Waals surface area contributed by atoms with Crippen LogP contribution in [0.5, 0.6) is 0 Å². The summed E-state index contributed by atoms with van der Waals surface area (Å²) in [6.45, 7) is 1.68. The predicted octanol–water partition coefficient (Wildman–Crippen LogP) is 3.41. The molecule has 5 heteroatoms. The molecular formula is C9H6BrNO3. The first-order valence-corrected chi connectivity index (χ1v) is 4.72. The minimum atomic E-state index is -0.511. The molecule has 0 radical (unpaired) electrons. The Bertz CT molecular complexity index is 518. The highest BCUT2D eigenvalue weighted by molar-refractivity contribution is 9.10. The number of nitrogens with zero attached hydrogens (tertiary/aromatic N) is 1. The van der Waals surface area contributed by atoms with Gasteiger partial charge in [-0.1, -0.05) is 15.9 Å². The third kappa shape index (κ3) is 1.29. The van der Waals surface area contributed by atoms with Crippen LogP contribution >= 0.6 is 15.9 Å². The van der Waals surface area contributed by atoms with Crippen molar-refractivity contribution >= 4 is 32.8 Å². The van der Waals surface area contributed by atoms with Crippen LogP contribution in [0.2, 0.25) is 0 Å². The van der Waals surface area contributed by atoms with Crippen molar-refractivity contribution in [1.82, 2.24) is 0 Å². The lowest BCUT2D eigenvalue weighted by atomic mass is 10.2. The summed E-state index contributed by atoms with van der Waals surface area (Å²) >= 11 is 3.30. The Balaban J connectivity index is 2.80. The molecule has 0 atom stereocenters. The number of hydrogen-bond donors (Lipinski definition) is 0. The van der Waals surface area contributed by atoms with E-state index in [4.69, 9.17) is 4.42 Å². The topological polar surface area (TPSA) is 56.3 Å². The summed E-state index contributed by atoms with van der Waals surface area (Å²) in [5, 5.41) is 11.3. The van der Waals surface area contributed by atoms with Crippen LogP contribution in [0.15, 0.2) is 27.1 Å². The molecule has 2 aromatic rings. The van der Waals surface area contributed by atoms with Gasteiger partial charge in [0.2, 0.25) is 0 Å². The second-order valence-electron chi connectivity index (χ2n) is 2.93. The first-order valence-electron chi connectivity index (χ1n) is 3.92. The first-order chi connectivity index (χ1) is 6.59. The standard InChI is InChI=1S/C9H6BrNO3/c1-5-7-4-6(10)2-3-8(7)14-9(5)11(12)13/h2-4H,1H3. The van der Waals surface area contributed by atoms with Crippen molar-refractivity contribution in [3.8, 4) is 0 Å². The van der Waals surface area contributed by atoms with Crippen molar-refractivity contribution in [3.63, 3.8) is 0 Å². The van der Waals surface area contributed by atoms with E-state index >= 15 is 0 Å². The second-order valence-corrected chi connectivity index (χ2v) is 3.85. The van der Waals surface area contributed by atoms with E-state index in [0.29, 0.717) is 11.1 Å². The van der Waals surface area contributed by atoms with Gasteiger partial charge in [0, 0.05) is 9.86 Å². The maximum atomic E-state index is 10.6. The Morgan fingerprint density at radius 1 is 1.50 bits per heavy atom. The van der Waals surface area contributed by atoms with Crippen molar-refractivity contribution in [2.75, 3.05) is 0 Å². The van der Waals surface area contributed by atoms with E-state index in [0.717, 1.165) is 9.86 Å². The van der Waals surface area contributed by atoms with Crippen molar-refractivity contribution in [2.24, 2.45) is 0 Å². The number of hydrogen-bond acceptors (Lipinski definition) is 3. The molecule has 0 saturated heterocycles. The normalized spacial score (nSPS) is 10.7. The van der Waals surface area contributed by atoms with E-state index in [-0.39, 0.29) is 5.88 Å². The summed E-state index contributed by atoms with van der Waals surface area (Å²) in [5.74, 6) is -0.182. The van der Waals surface area contributed by atoms with Gasteiger partial charge in [-0.3, -0.25) is 10.1 Å². The Kier molecular flexibility index (Phi) is 2.03. The van der Waals surface area contributed by atoms with Crippen LogP contribution in [0.1, 0.15) is 5.56 Å². The van der Waals surface area contributed by atoms with Gasteiger partial charge in [0.15, 0.2) is 0 Å². The molecule has 0 N–H and O–H groups in total. The maximum Gasteiger partial charge on any atom is 0.437 e. The Morgan fingerprint density at radius 2 is 2.21 bits per heavy atom. The lowest BCUT2D eigenvalue weighted by molar-refractivity contribution is -0.402. The molecular weight excluding hydrogens is 250 g/mol. The largest absolute Gasteiger partial charge is 0.437 e. The second kappa shape index (κ2) is 3.09. The monoisotopic (exact) mass is 255 g/mol. The number of aryl methyl sites for hydroxylation is 1. The molecule has 0 aliphatic heterocycles. The highest BCUT2D eigenvalue weighted by Crippen LogP contribution is 2.32. The van der Waals surface area contributed by atoms with Gasteiger partial charge < -0.3 is 4.42 Å². The molecule has 72 valence electrons. The zero-order valence-corrected chi connectivity index (χ0v) is 8.87. The van der Waals surface area contributed by atoms with E-state index in [1.807, 2.05) is 0 Å². The van der Waals surface area contributed by atoms with Crippen molar-refractivity contribution < 1.29 is 9.34 Å². The van der Waals surface area contributed by atoms with Crippen LogP contribution in [0.3, 0.4) is 0 Å². The molecule has 1 aromatic heterocycles. The quantitative estimate of drug-likeness (QED) is 0.580. The van der Waals surface area contributed by atoms with Crippen LogP contribution in [-0.4, -0.2) is 4.92 Å². The fourth-order valence-electron chi connectivity index (χ4n) is 1.35. The zero-order valence-electron chi connectivity index (χ0n) is 7.28. The van der Waals surface area contributed by atoms with Gasteiger partial charge in [0.05, 0.1) is 5.56 Å². The van der Waals surface area contributed by atoms with E-state index in [1.54, 1.807) is 25.1 Å². The molecule has 0 spiro atoms. The van der Waals surface area contributed by atoms with Gasteiger partial charge in [0.1, 0.15) is 10.5 Å². The van der Waals surface area contributed by atoms with Crippen LogP contribution < -0.4 is 0 Å². The Hall–Kier alpha value is -1.36. The fraction of sp³-hybridized carbons (Fsp3) is 0.111. The minimum absolute atomic E-state index is 0.182. The smallest absolute Gasteiger partial charge is 0.400 e. The van der Waals surface area contributed by atoms with Crippen LogP contribution in [0.25, 0.3) is 11.0 Å². The molecule has 0 aliphatic carbocycles. The number of rotatable bonds is 1. The van der Waals surface area contributed by atoms with E-state index in [9.17, 15) is 10.1 Å². The van der Waals surface area contributed by atoms with Crippen molar-refractivity contribution in [3.05, 3.63) is 38.3 Å². The molecule has 0 fully saturated rings. The van der Waals surface area contributed by atoms with E-state index in [1.165, 1.54) is 0 Å². The molecule has 0 aliphatic rings. The number of furan rings is 1. The molecule has 0 bridgehead atoms.